The van der Waals surface area contributed by atoms with Crippen LogP contribution < -0.4 is 0 Å². The summed E-state index contributed by atoms with van der Waals surface area (Å²) in [5, 5.41) is 2.00. The van der Waals surface area contributed by atoms with Crippen molar-refractivity contribution in [3.8, 4) is 0 Å². The molecule has 3 heteroatoms. The molecule has 0 spiro atoms. The molecule has 0 aliphatic heterocycles. The van der Waals surface area contributed by atoms with E-state index in [4.69, 9.17) is 4.43 Å². The van der Waals surface area contributed by atoms with Gasteiger partial charge in [0.1, 0.15) is 5.09 Å². The Morgan fingerprint density at radius 1 is 1.18 bits per heavy atom. The standard InChI is InChI=1S/C14H28OSSi/c1-12(2)11-14(15-17(3,4)5)16-13-9-7-6-8-10-13/h11-13H,6-10H2,1-5H3/b14-11+. The Morgan fingerprint density at radius 2 is 1.76 bits per heavy atom. The van der Waals surface area contributed by atoms with Gasteiger partial charge in [0.25, 0.3) is 0 Å². The lowest BCUT2D eigenvalue weighted by atomic mass is 10.0. The van der Waals surface area contributed by atoms with Crippen molar-refractivity contribution in [2.45, 2.75) is 70.8 Å². The topological polar surface area (TPSA) is 9.23 Å². The van der Waals surface area contributed by atoms with Gasteiger partial charge in [-0.3, -0.25) is 0 Å². The van der Waals surface area contributed by atoms with E-state index in [-0.39, 0.29) is 0 Å². The van der Waals surface area contributed by atoms with Crippen molar-refractivity contribution < 1.29 is 4.43 Å². The second kappa shape index (κ2) is 6.88. The normalized spacial score (nSPS) is 19.8. The fourth-order valence-corrected chi connectivity index (χ4v) is 4.88. The van der Waals surface area contributed by atoms with Crippen molar-refractivity contribution in [2.24, 2.45) is 5.92 Å². The van der Waals surface area contributed by atoms with E-state index in [9.17, 15) is 0 Å². The van der Waals surface area contributed by atoms with Gasteiger partial charge in [0, 0.05) is 5.25 Å². The summed E-state index contributed by atoms with van der Waals surface area (Å²) >= 11 is 1.99. The zero-order chi connectivity index (χ0) is 12.9. The highest BCUT2D eigenvalue weighted by Gasteiger charge is 2.22. The summed E-state index contributed by atoms with van der Waals surface area (Å²) in [6.07, 6.45) is 9.27. The monoisotopic (exact) mass is 272 g/mol. The highest BCUT2D eigenvalue weighted by atomic mass is 32.2. The molecule has 0 amide bonds. The van der Waals surface area contributed by atoms with Crippen LogP contribution in [0.2, 0.25) is 19.6 Å². The predicted octanol–water partition coefficient (Wildman–Crippen LogP) is 5.40. The zero-order valence-electron chi connectivity index (χ0n) is 12.1. The van der Waals surface area contributed by atoms with Gasteiger partial charge >= 0.3 is 0 Å². The molecule has 0 saturated heterocycles. The summed E-state index contributed by atoms with van der Waals surface area (Å²) in [6.45, 7) is 11.3. The molecule has 0 unspecified atom stereocenters. The van der Waals surface area contributed by atoms with Crippen molar-refractivity contribution in [3.63, 3.8) is 0 Å². The molecule has 17 heavy (non-hydrogen) atoms. The maximum atomic E-state index is 6.21. The summed E-state index contributed by atoms with van der Waals surface area (Å²) < 4.78 is 6.21. The number of allylic oxidation sites excluding steroid dienone is 1. The second-order valence-corrected chi connectivity index (χ2v) is 12.1. The Hall–Kier alpha value is 0.107. The van der Waals surface area contributed by atoms with Crippen LogP contribution in [0.5, 0.6) is 0 Å². The summed E-state index contributed by atoms with van der Waals surface area (Å²) in [6, 6.07) is 0. The fraction of sp³-hybridized carbons (Fsp3) is 0.857. The summed E-state index contributed by atoms with van der Waals surface area (Å²) in [5.74, 6) is 0.581. The third-order valence-electron chi connectivity index (χ3n) is 2.71. The quantitative estimate of drug-likeness (QED) is 0.489. The predicted molar refractivity (Wildman–Crippen MR) is 81.8 cm³/mol. The smallest absolute Gasteiger partial charge is 0.242 e. The van der Waals surface area contributed by atoms with E-state index in [1.54, 1.807) is 0 Å². The zero-order valence-corrected chi connectivity index (χ0v) is 13.9. The van der Waals surface area contributed by atoms with Crippen molar-refractivity contribution in [1.29, 1.82) is 0 Å². The lowest BCUT2D eigenvalue weighted by Gasteiger charge is -2.27. The number of hydrogen-bond acceptors (Lipinski definition) is 2. The molecular weight excluding hydrogens is 244 g/mol. The molecule has 1 rings (SSSR count). The van der Waals surface area contributed by atoms with E-state index < -0.39 is 8.32 Å². The highest BCUT2D eigenvalue weighted by Crippen LogP contribution is 2.35. The third-order valence-corrected chi connectivity index (χ3v) is 4.95. The molecule has 0 aromatic rings. The number of rotatable bonds is 5. The van der Waals surface area contributed by atoms with E-state index >= 15 is 0 Å². The summed E-state index contributed by atoms with van der Waals surface area (Å²) in [4.78, 5) is 0. The van der Waals surface area contributed by atoms with Crippen LogP contribution in [-0.4, -0.2) is 13.6 Å². The van der Waals surface area contributed by atoms with Gasteiger partial charge < -0.3 is 4.43 Å². The largest absolute Gasteiger partial charge is 0.540 e. The molecule has 1 nitrogen and oxygen atoms in total. The molecule has 1 fully saturated rings. The lowest BCUT2D eigenvalue weighted by Crippen LogP contribution is -2.25. The van der Waals surface area contributed by atoms with Gasteiger partial charge in [0.15, 0.2) is 0 Å². The van der Waals surface area contributed by atoms with Gasteiger partial charge in [-0.05, 0) is 44.5 Å². The molecule has 1 aliphatic carbocycles. The highest BCUT2D eigenvalue weighted by molar-refractivity contribution is 8.03. The van der Waals surface area contributed by atoms with Crippen molar-refractivity contribution in [2.75, 3.05) is 0 Å². The van der Waals surface area contributed by atoms with Crippen LogP contribution in [0.1, 0.15) is 46.0 Å². The minimum absolute atomic E-state index is 0.581. The molecule has 0 aromatic carbocycles. The molecule has 0 atom stereocenters. The first-order valence-corrected chi connectivity index (χ1v) is 11.2. The van der Waals surface area contributed by atoms with Crippen LogP contribution in [0, 0.1) is 5.92 Å². The van der Waals surface area contributed by atoms with Gasteiger partial charge in [-0.1, -0.05) is 44.9 Å². The Labute approximate surface area is 113 Å². The molecule has 0 heterocycles. The molecule has 0 bridgehead atoms. The molecule has 100 valence electrons. The molecule has 1 aliphatic rings. The average Bonchev–Trinajstić information content (AvgIpc) is 2.15. The molecule has 0 radical (unpaired) electrons. The van der Waals surface area contributed by atoms with Gasteiger partial charge in [-0.15, -0.1) is 0 Å². The molecule has 0 N–H and O–H groups in total. The van der Waals surface area contributed by atoms with Crippen LogP contribution in [0.4, 0.5) is 0 Å². The Bertz CT molecular complexity index is 249. The van der Waals surface area contributed by atoms with Gasteiger partial charge in [0.05, 0.1) is 0 Å². The van der Waals surface area contributed by atoms with Gasteiger partial charge in [-0.2, -0.15) is 0 Å². The Kier molecular flexibility index (Phi) is 6.14. The Morgan fingerprint density at radius 3 is 2.24 bits per heavy atom. The van der Waals surface area contributed by atoms with E-state index in [0.717, 1.165) is 5.25 Å². The first kappa shape index (κ1) is 15.2. The fourth-order valence-electron chi connectivity index (χ4n) is 2.02. The first-order valence-electron chi connectivity index (χ1n) is 6.94. The maximum absolute atomic E-state index is 6.21. The van der Waals surface area contributed by atoms with Crippen LogP contribution in [0.15, 0.2) is 11.2 Å². The maximum Gasteiger partial charge on any atom is 0.242 e. The van der Waals surface area contributed by atoms with Crippen LogP contribution >= 0.6 is 11.8 Å². The Balaban J connectivity index is 2.56. The van der Waals surface area contributed by atoms with Crippen molar-refractivity contribution in [1.82, 2.24) is 0 Å². The van der Waals surface area contributed by atoms with E-state index in [1.807, 2.05) is 11.8 Å². The third kappa shape index (κ3) is 7.19. The van der Waals surface area contributed by atoms with E-state index in [1.165, 1.54) is 37.2 Å². The summed E-state index contributed by atoms with van der Waals surface area (Å²) in [7, 11) is -1.46. The minimum atomic E-state index is -1.46. The lowest BCUT2D eigenvalue weighted by molar-refractivity contribution is 0.453. The van der Waals surface area contributed by atoms with Crippen LogP contribution in [0.3, 0.4) is 0 Å². The van der Waals surface area contributed by atoms with Crippen molar-refractivity contribution in [3.05, 3.63) is 11.2 Å². The number of thioether (sulfide) groups is 1. The van der Waals surface area contributed by atoms with Crippen LogP contribution in [-0.2, 0) is 4.43 Å². The molecular formula is C14H28OSSi. The minimum Gasteiger partial charge on any atom is -0.540 e. The van der Waals surface area contributed by atoms with E-state index in [2.05, 4.69) is 39.6 Å². The first-order chi connectivity index (χ1) is 7.87. The number of hydrogen-bond donors (Lipinski definition) is 0. The summed E-state index contributed by atoms with van der Waals surface area (Å²) in [5.41, 5.74) is 0. The van der Waals surface area contributed by atoms with Crippen LogP contribution in [0.25, 0.3) is 0 Å². The molecule has 0 aromatic heterocycles. The average molecular weight is 273 g/mol. The second-order valence-electron chi connectivity index (χ2n) is 6.32. The molecule has 1 saturated carbocycles. The van der Waals surface area contributed by atoms with E-state index in [0.29, 0.717) is 5.92 Å². The van der Waals surface area contributed by atoms with Gasteiger partial charge in [-0.25, -0.2) is 0 Å². The van der Waals surface area contributed by atoms with Crippen molar-refractivity contribution >= 4 is 20.1 Å². The van der Waals surface area contributed by atoms with Gasteiger partial charge in [0.2, 0.25) is 8.32 Å². The SMILES string of the molecule is CC(C)/C=C(\O[Si](C)(C)C)SC1CCCCC1.